The lowest BCUT2D eigenvalue weighted by atomic mass is 9.82. The summed E-state index contributed by atoms with van der Waals surface area (Å²) in [4.78, 5) is 25.6. The van der Waals surface area contributed by atoms with Crippen molar-refractivity contribution in [2.24, 2.45) is 5.41 Å². The van der Waals surface area contributed by atoms with E-state index in [1.54, 1.807) is 12.1 Å². The summed E-state index contributed by atoms with van der Waals surface area (Å²) in [7, 11) is 0. The van der Waals surface area contributed by atoms with Crippen molar-refractivity contribution >= 4 is 11.9 Å². The van der Waals surface area contributed by atoms with Crippen molar-refractivity contribution in [1.82, 2.24) is 0 Å². The minimum atomic E-state index is -1.26. The standard InChI is InChI=1S/C25H32O4/c1-4-7-8-12-19-28-23(26)25(5-2,6-3)24(27)29-22-17-15-21(16-18-22)20-13-10-9-11-14-20/h9-11,13-18H,4-8,12,19H2,1-3H3. The van der Waals surface area contributed by atoms with Crippen molar-refractivity contribution in [2.45, 2.75) is 59.3 Å². The molecule has 0 amide bonds. The third-order valence-corrected chi connectivity index (χ3v) is 5.39. The van der Waals surface area contributed by atoms with Crippen LogP contribution >= 0.6 is 0 Å². The quantitative estimate of drug-likeness (QED) is 0.197. The van der Waals surface area contributed by atoms with E-state index in [9.17, 15) is 9.59 Å². The van der Waals surface area contributed by atoms with Gasteiger partial charge < -0.3 is 9.47 Å². The number of unbranched alkanes of at least 4 members (excludes halogenated alkanes) is 3. The molecule has 0 radical (unpaired) electrons. The van der Waals surface area contributed by atoms with Crippen molar-refractivity contribution in [3.05, 3.63) is 54.6 Å². The van der Waals surface area contributed by atoms with E-state index in [-0.39, 0.29) is 0 Å². The fraction of sp³-hybridized carbons (Fsp3) is 0.440. The van der Waals surface area contributed by atoms with Crippen LogP contribution in [0.2, 0.25) is 0 Å². The summed E-state index contributed by atoms with van der Waals surface area (Å²) in [5.41, 5.74) is 0.866. The van der Waals surface area contributed by atoms with Crippen molar-refractivity contribution in [3.8, 4) is 16.9 Å². The van der Waals surface area contributed by atoms with Crippen LogP contribution in [-0.4, -0.2) is 18.5 Å². The van der Waals surface area contributed by atoms with Crippen LogP contribution in [-0.2, 0) is 14.3 Å². The summed E-state index contributed by atoms with van der Waals surface area (Å²) in [6.45, 7) is 6.12. The zero-order valence-electron chi connectivity index (χ0n) is 17.8. The first-order valence-corrected chi connectivity index (χ1v) is 10.6. The van der Waals surface area contributed by atoms with Gasteiger partial charge in [0.05, 0.1) is 6.61 Å². The first kappa shape index (κ1) is 22.7. The number of hydrogen-bond acceptors (Lipinski definition) is 4. The smallest absolute Gasteiger partial charge is 0.328 e. The van der Waals surface area contributed by atoms with Gasteiger partial charge >= 0.3 is 11.9 Å². The Morgan fingerprint density at radius 2 is 1.38 bits per heavy atom. The molecule has 0 aromatic heterocycles. The number of carbonyl (C=O) groups excluding carboxylic acids is 2. The molecule has 0 saturated heterocycles. The van der Waals surface area contributed by atoms with Crippen LogP contribution in [0.15, 0.2) is 54.6 Å². The Kier molecular flexibility index (Phi) is 8.91. The lowest BCUT2D eigenvalue weighted by molar-refractivity contribution is -0.168. The predicted octanol–water partition coefficient (Wildman–Crippen LogP) is 6.19. The van der Waals surface area contributed by atoms with Gasteiger partial charge in [0, 0.05) is 0 Å². The highest BCUT2D eigenvalue weighted by atomic mass is 16.6. The molecule has 2 rings (SSSR count). The number of benzene rings is 2. The minimum Gasteiger partial charge on any atom is -0.465 e. The third-order valence-electron chi connectivity index (χ3n) is 5.39. The second kappa shape index (κ2) is 11.4. The summed E-state index contributed by atoms with van der Waals surface area (Å²) in [5, 5.41) is 0. The van der Waals surface area contributed by atoms with Crippen LogP contribution in [0.25, 0.3) is 11.1 Å². The number of hydrogen-bond donors (Lipinski definition) is 0. The molecule has 0 spiro atoms. The van der Waals surface area contributed by atoms with Crippen LogP contribution in [0, 0.1) is 5.41 Å². The Labute approximate surface area is 174 Å². The SMILES string of the molecule is CCCCCCOC(=O)C(CC)(CC)C(=O)Oc1ccc(-c2ccccc2)cc1. The third kappa shape index (κ3) is 5.93. The van der Waals surface area contributed by atoms with Gasteiger partial charge in [-0.25, -0.2) is 0 Å². The molecule has 4 nitrogen and oxygen atoms in total. The van der Waals surface area contributed by atoms with Gasteiger partial charge in [-0.05, 0) is 42.5 Å². The van der Waals surface area contributed by atoms with Crippen LogP contribution in [0.3, 0.4) is 0 Å². The van der Waals surface area contributed by atoms with Crippen molar-refractivity contribution in [3.63, 3.8) is 0 Å². The van der Waals surface area contributed by atoms with E-state index in [1.807, 2.05) is 56.3 Å². The molecule has 0 saturated carbocycles. The van der Waals surface area contributed by atoms with E-state index < -0.39 is 17.4 Å². The van der Waals surface area contributed by atoms with Crippen LogP contribution in [0.4, 0.5) is 0 Å². The molecule has 2 aromatic carbocycles. The highest BCUT2D eigenvalue weighted by Crippen LogP contribution is 2.31. The Bertz CT molecular complexity index is 761. The van der Waals surface area contributed by atoms with E-state index in [0.29, 0.717) is 25.2 Å². The Hall–Kier alpha value is -2.62. The van der Waals surface area contributed by atoms with Gasteiger partial charge in [-0.1, -0.05) is 82.5 Å². The van der Waals surface area contributed by atoms with Crippen LogP contribution < -0.4 is 4.74 Å². The number of ether oxygens (including phenoxy) is 2. The second-order valence-electron chi connectivity index (χ2n) is 7.27. The fourth-order valence-electron chi connectivity index (χ4n) is 3.29. The molecule has 4 heteroatoms. The van der Waals surface area contributed by atoms with Gasteiger partial charge in [0.1, 0.15) is 5.75 Å². The molecule has 0 N–H and O–H groups in total. The van der Waals surface area contributed by atoms with Gasteiger partial charge in [0.25, 0.3) is 0 Å². The monoisotopic (exact) mass is 396 g/mol. The van der Waals surface area contributed by atoms with Crippen molar-refractivity contribution in [1.29, 1.82) is 0 Å². The molecule has 0 aliphatic rings. The Morgan fingerprint density at radius 1 is 0.759 bits per heavy atom. The molecule has 2 aromatic rings. The van der Waals surface area contributed by atoms with Crippen LogP contribution in [0.5, 0.6) is 5.75 Å². The highest BCUT2D eigenvalue weighted by molar-refractivity contribution is 6.00. The van der Waals surface area contributed by atoms with Gasteiger partial charge in [-0.15, -0.1) is 0 Å². The molecule has 0 bridgehead atoms. The Balaban J connectivity index is 2.03. The molecule has 156 valence electrons. The molecular formula is C25H32O4. The molecule has 0 heterocycles. The zero-order valence-corrected chi connectivity index (χ0v) is 17.8. The van der Waals surface area contributed by atoms with E-state index in [4.69, 9.17) is 9.47 Å². The normalized spacial score (nSPS) is 11.1. The van der Waals surface area contributed by atoms with E-state index in [2.05, 4.69) is 6.92 Å². The molecule has 0 fully saturated rings. The second-order valence-corrected chi connectivity index (χ2v) is 7.27. The Morgan fingerprint density at radius 3 is 1.97 bits per heavy atom. The molecular weight excluding hydrogens is 364 g/mol. The first-order valence-electron chi connectivity index (χ1n) is 10.6. The highest BCUT2D eigenvalue weighted by Gasteiger charge is 2.46. The summed E-state index contributed by atoms with van der Waals surface area (Å²) in [6, 6.07) is 17.3. The number of rotatable bonds is 11. The first-order chi connectivity index (χ1) is 14.1. The maximum atomic E-state index is 12.9. The molecule has 29 heavy (non-hydrogen) atoms. The number of carbonyl (C=O) groups is 2. The summed E-state index contributed by atoms with van der Waals surface area (Å²) >= 11 is 0. The predicted molar refractivity (Wildman–Crippen MR) is 116 cm³/mol. The zero-order chi connectivity index (χ0) is 21.1. The summed E-state index contributed by atoms with van der Waals surface area (Å²) < 4.78 is 11.0. The average Bonchev–Trinajstić information content (AvgIpc) is 2.76. The number of esters is 2. The molecule has 0 aliphatic heterocycles. The van der Waals surface area contributed by atoms with Crippen molar-refractivity contribution in [2.75, 3.05) is 6.61 Å². The summed E-state index contributed by atoms with van der Waals surface area (Å²) in [5.74, 6) is -0.602. The fourth-order valence-corrected chi connectivity index (χ4v) is 3.29. The molecule has 0 atom stereocenters. The molecule has 0 unspecified atom stereocenters. The average molecular weight is 397 g/mol. The minimum absolute atomic E-state index is 0.345. The lowest BCUT2D eigenvalue weighted by Crippen LogP contribution is -2.42. The topological polar surface area (TPSA) is 52.6 Å². The van der Waals surface area contributed by atoms with Crippen LogP contribution in [0.1, 0.15) is 59.3 Å². The van der Waals surface area contributed by atoms with Crippen molar-refractivity contribution < 1.29 is 19.1 Å². The van der Waals surface area contributed by atoms with E-state index in [0.717, 1.165) is 36.8 Å². The molecule has 0 aliphatic carbocycles. The lowest BCUT2D eigenvalue weighted by Gasteiger charge is -2.26. The van der Waals surface area contributed by atoms with E-state index in [1.165, 1.54) is 0 Å². The maximum Gasteiger partial charge on any atom is 0.328 e. The maximum absolute atomic E-state index is 12.9. The largest absolute Gasteiger partial charge is 0.465 e. The summed E-state index contributed by atoms with van der Waals surface area (Å²) in [6.07, 6.45) is 4.77. The van der Waals surface area contributed by atoms with Gasteiger partial charge in [-0.2, -0.15) is 0 Å². The van der Waals surface area contributed by atoms with Gasteiger partial charge in [0.15, 0.2) is 5.41 Å². The van der Waals surface area contributed by atoms with Gasteiger partial charge in [-0.3, -0.25) is 9.59 Å². The van der Waals surface area contributed by atoms with Gasteiger partial charge in [0.2, 0.25) is 0 Å². The van der Waals surface area contributed by atoms with E-state index >= 15 is 0 Å².